The highest BCUT2D eigenvalue weighted by Gasteiger charge is 2.25. The summed E-state index contributed by atoms with van der Waals surface area (Å²) >= 11 is 0. The number of aryl methyl sites for hydroxylation is 1. The van der Waals surface area contributed by atoms with E-state index in [0.717, 1.165) is 25.4 Å². The predicted molar refractivity (Wildman–Crippen MR) is 145 cm³/mol. The third kappa shape index (κ3) is 9.09. The van der Waals surface area contributed by atoms with Crippen LogP contribution in [-0.4, -0.2) is 43.2 Å². The first kappa shape index (κ1) is 26.3. The van der Waals surface area contributed by atoms with Gasteiger partial charge in [0.2, 0.25) is 0 Å². The summed E-state index contributed by atoms with van der Waals surface area (Å²) in [4.78, 5) is 5.25. The van der Waals surface area contributed by atoms with E-state index in [1.54, 1.807) is 0 Å². The van der Waals surface area contributed by atoms with Crippen molar-refractivity contribution in [3.05, 3.63) is 41.5 Å². The van der Waals surface area contributed by atoms with E-state index in [2.05, 4.69) is 67.8 Å². The first-order valence-electron chi connectivity index (χ1n) is 13.9. The van der Waals surface area contributed by atoms with Crippen LogP contribution in [0.3, 0.4) is 0 Å². The molecule has 0 amide bonds. The minimum absolute atomic E-state index is 0.310. The zero-order chi connectivity index (χ0) is 23.6. The molecule has 1 saturated carbocycles. The van der Waals surface area contributed by atoms with Crippen molar-refractivity contribution in [1.82, 2.24) is 4.90 Å². The third-order valence-corrected chi connectivity index (χ3v) is 7.79. The minimum Gasteiger partial charge on any atom is -0.365 e. The minimum atomic E-state index is 0.310. The zero-order valence-corrected chi connectivity index (χ0v) is 22.1. The van der Waals surface area contributed by atoms with E-state index >= 15 is 0 Å². The fraction of sp³-hybridized carbons (Fsp3) is 0.733. The van der Waals surface area contributed by atoms with Crippen LogP contribution in [0.2, 0.25) is 0 Å². The van der Waals surface area contributed by atoms with E-state index in [1.807, 2.05) is 0 Å². The molecule has 186 valence electrons. The fourth-order valence-electron chi connectivity index (χ4n) is 5.87. The Balaban J connectivity index is 1.56. The van der Waals surface area contributed by atoms with Gasteiger partial charge in [-0.15, -0.1) is 0 Å². The Morgan fingerprint density at radius 1 is 1.03 bits per heavy atom. The summed E-state index contributed by atoms with van der Waals surface area (Å²) in [5, 5.41) is 0. The van der Waals surface area contributed by atoms with Crippen LogP contribution >= 0.6 is 0 Å². The number of anilines is 1. The Morgan fingerprint density at radius 2 is 1.70 bits per heavy atom. The Kier molecular flexibility index (Phi) is 10.8. The molecule has 2 fully saturated rings. The first-order chi connectivity index (χ1) is 15.9. The van der Waals surface area contributed by atoms with Crippen molar-refractivity contribution >= 4 is 5.69 Å². The summed E-state index contributed by atoms with van der Waals surface area (Å²) in [5.41, 5.74) is 10.7. The molecule has 3 nitrogen and oxygen atoms in total. The van der Waals surface area contributed by atoms with Crippen LogP contribution in [0.5, 0.6) is 0 Å². The SMILES string of the molecule is CC(C)=CCN(c1ccc(CCC2CCCCC2)cc1)C1CCN(C[C@@H](N)CC(C)C)CC1. The first-order valence-corrected chi connectivity index (χ1v) is 13.9. The van der Waals surface area contributed by atoms with Gasteiger partial charge in [0.05, 0.1) is 0 Å². The maximum absolute atomic E-state index is 6.40. The number of benzene rings is 1. The van der Waals surface area contributed by atoms with Crippen LogP contribution in [0.15, 0.2) is 35.9 Å². The highest BCUT2D eigenvalue weighted by molar-refractivity contribution is 5.49. The van der Waals surface area contributed by atoms with Crippen molar-refractivity contribution in [2.75, 3.05) is 31.1 Å². The molecule has 0 unspecified atom stereocenters. The van der Waals surface area contributed by atoms with Crippen molar-refractivity contribution < 1.29 is 0 Å². The van der Waals surface area contributed by atoms with Gasteiger partial charge < -0.3 is 15.5 Å². The van der Waals surface area contributed by atoms with Gasteiger partial charge >= 0.3 is 0 Å². The van der Waals surface area contributed by atoms with Gasteiger partial charge in [-0.2, -0.15) is 0 Å². The molecule has 0 spiro atoms. The lowest BCUT2D eigenvalue weighted by Gasteiger charge is -2.40. The Bertz CT molecular complexity index is 690. The molecule has 1 heterocycles. The number of allylic oxidation sites excluding steroid dienone is 1. The van der Waals surface area contributed by atoms with E-state index in [0.29, 0.717) is 18.0 Å². The van der Waals surface area contributed by atoms with Crippen molar-refractivity contribution in [3.8, 4) is 0 Å². The number of nitrogens with zero attached hydrogens (tertiary/aromatic N) is 2. The average molecular weight is 454 g/mol. The molecule has 1 atom stereocenters. The molecule has 1 saturated heterocycles. The summed E-state index contributed by atoms with van der Waals surface area (Å²) < 4.78 is 0. The standard InChI is InChI=1S/C30H51N3/c1-24(2)16-21-33(30-17-19-32(20-18-30)23-28(31)22-25(3)4)29-14-12-27(13-15-29)11-10-26-8-6-5-7-9-26/h12-16,25-26,28,30H,5-11,17-23,31H2,1-4H3/t28-/m0/s1. The number of nitrogens with two attached hydrogens (primary N) is 1. The van der Waals surface area contributed by atoms with Gasteiger partial charge in [-0.3, -0.25) is 0 Å². The Hall–Kier alpha value is -1.32. The Morgan fingerprint density at radius 3 is 2.30 bits per heavy atom. The molecular weight excluding hydrogens is 402 g/mol. The van der Waals surface area contributed by atoms with Gasteiger partial charge in [-0.25, -0.2) is 0 Å². The van der Waals surface area contributed by atoms with Crippen LogP contribution in [-0.2, 0) is 6.42 Å². The molecule has 1 aromatic rings. The molecule has 3 rings (SSSR count). The van der Waals surface area contributed by atoms with E-state index in [1.165, 1.54) is 87.7 Å². The smallest absolute Gasteiger partial charge is 0.0371 e. The molecule has 1 aliphatic carbocycles. The van der Waals surface area contributed by atoms with Crippen LogP contribution in [0, 0.1) is 11.8 Å². The fourth-order valence-corrected chi connectivity index (χ4v) is 5.87. The zero-order valence-electron chi connectivity index (χ0n) is 22.1. The van der Waals surface area contributed by atoms with Gasteiger partial charge in [0.15, 0.2) is 0 Å². The molecule has 2 aliphatic rings. The van der Waals surface area contributed by atoms with Crippen LogP contribution in [0.1, 0.15) is 91.0 Å². The van der Waals surface area contributed by atoms with Crippen molar-refractivity contribution in [1.29, 1.82) is 0 Å². The van der Waals surface area contributed by atoms with Gasteiger partial charge in [-0.1, -0.05) is 69.7 Å². The highest BCUT2D eigenvalue weighted by Crippen LogP contribution is 2.29. The largest absolute Gasteiger partial charge is 0.365 e. The molecule has 0 aromatic heterocycles. The average Bonchev–Trinajstić information content (AvgIpc) is 2.79. The van der Waals surface area contributed by atoms with Gasteiger partial charge in [0, 0.05) is 44.0 Å². The van der Waals surface area contributed by atoms with Crippen LogP contribution in [0.4, 0.5) is 5.69 Å². The second-order valence-electron chi connectivity index (χ2n) is 11.6. The Labute approximate surface area is 204 Å². The van der Waals surface area contributed by atoms with Gasteiger partial charge in [-0.05, 0) is 75.5 Å². The van der Waals surface area contributed by atoms with E-state index in [-0.39, 0.29) is 0 Å². The molecule has 1 aliphatic heterocycles. The molecule has 0 radical (unpaired) electrons. The highest BCUT2D eigenvalue weighted by atomic mass is 15.2. The summed E-state index contributed by atoms with van der Waals surface area (Å²) in [6.07, 6.45) is 15.9. The lowest BCUT2D eigenvalue weighted by atomic mass is 9.85. The maximum Gasteiger partial charge on any atom is 0.0371 e. The van der Waals surface area contributed by atoms with E-state index in [9.17, 15) is 0 Å². The maximum atomic E-state index is 6.40. The molecular formula is C30H51N3. The second-order valence-corrected chi connectivity index (χ2v) is 11.6. The molecule has 2 N–H and O–H groups in total. The summed E-state index contributed by atoms with van der Waals surface area (Å²) in [5.74, 6) is 1.65. The predicted octanol–water partition coefficient (Wildman–Crippen LogP) is 6.81. The van der Waals surface area contributed by atoms with Gasteiger partial charge in [0.1, 0.15) is 0 Å². The molecule has 33 heavy (non-hydrogen) atoms. The summed E-state index contributed by atoms with van der Waals surface area (Å²) in [6.45, 7) is 13.4. The molecule has 3 heteroatoms. The normalized spacial score (nSPS) is 19.6. The number of hydrogen-bond donors (Lipinski definition) is 1. The van der Waals surface area contributed by atoms with E-state index in [4.69, 9.17) is 5.73 Å². The third-order valence-electron chi connectivity index (χ3n) is 7.79. The van der Waals surface area contributed by atoms with E-state index < -0.39 is 0 Å². The second kappa shape index (κ2) is 13.5. The monoisotopic (exact) mass is 453 g/mol. The molecule has 1 aromatic carbocycles. The topological polar surface area (TPSA) is 32.5 Å². The lowest BCUT2D eigenvalue weighted by molar-refractivity contribution is 0.193. The van der Waals surface area contributed by atoms with Crippen LogP contribution in [0.25, 0.3) is 0 Å². The van der Waals surface area contributed by atoms with Gasteiger partial charge in [0.25, 0.3) is 0 Å². The van der Waals surface area contributed by atoms with Crippen molar-refractivity contribution in [3.63, 3.8) is 0 Å². The lowest BCUT2D eigenvalue weighted by Crippen LogP contribution is -2.48. The summed E-state index contributed by atoms with van der Waals surface area (Å²) in [7, 11) is 0. The number of piperidine rings is 1. The van der Waals surface area contributed by atoms with Crippen molar-refractivity contribution in [2.45, 2.75) is 104 Å². The number of likely N-dealkylation sites (tertiary alicyclic amines) is 1. The van der Waals surface area contributed by atoms with Crippen LogP contribution < -0.4 is 10.6 Å². The van der Waals surface area contributed by atoms with Crippen molar-refractivity contribution in [2.24, 2.45) is 17.6 Å². The summed E-state index contributed by atoms with van der Waals surface area (Å²) in [6, 6.07) is 10.5. The molecule has 0 bridgehead atoms. The quantitative estimate of drug-likeness (QED) is 0.374. The number of rotatable bonds is 11. The number of hydrogen-bond acceptors (Lipinski definition) is 3.